The summed E-state index contributed by atoms with van der Waals surface area (Å²) < 4.78 is 28.3. The first-order valence-corrected chi connectivity index (χ1v) is 6.86. The van der Waals surface area contributed by atoms with Gasteiger partial charge in [-0.3, -0.25) is 0 Å². The van der Waals surface area contributed by atoms with Crippen LogP contribution in [-0.4, -0.2) is 48.8 Å². The van der Waals surface area contributed by atoms with Gasteiger partial charge in [-0.05, 0) is 24.1 Å². The number of carbonyl (C=O) groups is 1. The lowest BCUT2D eigenvalue weighted by Crippen LogP contribution is -2.48. The van der Waals surface area contributed by atoms with Gasteiger partial charge in [0.05, 0.1) is 5.69 Å². The molecule has 1 aromatic carbocycles. The fourth-order valence-corrected chi connectivity index (χ4v) is 2.44. The van der Waals surface area contributed by atoms with E-state index >= 15 is 0 Å². The number of anilines is 1. The highest BCUT2D eigenvalue weighted by atomic mass is 19.1. The van der Waals surface area contributed by atoms with Gasteiger partial charge in [-0.15, -0.1) is 0 Å². The molecule has 116 valence electrons. The predicted molar refractivity (Wildman–Crippen MR) is 75.6 cm³/mol. The first-order valence-electron chi connectivity index (χ1n) is 6.86. The Morgan fingerprint density at radius 2 is 1.90 bits per heavy atom. The quantitative estimate of drug-likeness (QED) is 0.893. The van der Waals surface area contributed by atoms with Crippen molar-refractivity contribution in [3.63, 3.8) is 0 Å². The van der Waals surface area contributed by atoms with E-state index in [9.17, 15) is 13.6 Å². The zero-order valence-electron chi connectivity index (χ0n) is 11.9. The summed E-state index contributed by atoms with van der Waals surface area (Å²) in [6, 6.07) is 2.36. The summed E-state index contributed by atoms with van der Waals surface area (Å²) in [4.78, 5) is 13.8. The third-order valence-corrected chi connectivity index (χ3v) is 3.84. The molecule has 21 heavy (non-hydrogen) atoms. The fourth-order valence-electron chi connectivity index (χ4n) is 2.44. The van der Waals surface area contributed by atoms with E-state index in [4.69, 9.17) is 10.8 Å². The summed E-state index contributed by atoms with van der Waals surface area (Å²) in [5, 5.41) is 8.88. The average molecular weight is 299 g/mol. The lowest BCUT2D eigenvalue weighted by Gasteiger charge is -2.35. The highest BCUT2D eigenvalue weighted by Crippen LogP contribution is 2.27. The van der Waals surface area contributed by atoms with E-state index in [0.29, 0.717) is 13.1 Å². The maximum atomic E-state index is 14.2. The van der Waals surface area contributed by atoms with Gasteiger partial charge in [-0.1, -0.05) is 6.92 Å². The number of nitrogens with two attached hydrogens (primary N) is 1. The number of amides is 1. The van der Waals surface area contributed by atoms with Crippen molar-refractivity contribution in [2.45, 2.75) is 12.8 Å². The first kappa shape index (κ1) is 15.5. The molecule has 1 saturated heterocycles. The van der Waals surface area contributed by atoms with Crippen molar-refractivity contribution >= 4 is 11.8 Å². The molecule has 0 bridgehead atoms. The van der Waals surface area contributed by atoms with E-state index in [1.165, 1.54) is 17.0 Å². The van der Waals surface area contributed by atoms with Crippen molar-refractivity contribution in [3.05, 3.63) is 29.3 Å². The second-order valence-electron chi connectivity index (χ2n) is 5.22. The van der Waals surface area contributed by atoms with Gasteiger partial charge in [0.1, 0.15) is 11.6 Å². The van der Waals surface area contributed by atoms with Crippen LogP contribution in [-0.2, 0) is 0 Å². The molecule has 1 amide bonds. The molecule has 1 aliphatic heterocycles. The molecular weight excluding hydrogens is 280 g/mol. The number of benzene rings is 1. The van der Waals surface area contributed by atoms with Crippen LogP contribution in [0.15, 0.2) is 12.1 Å². The largest absolute Gasteiger partial charge is 0.465 e. The second-order valence-corrected chi connectivity index (χ2v) is 5.22. The highest BCUT2D eigenvalue weighted by molar-refractivity contribution is 5.65. The Morgan fingerprint density at radius 3 is 2.43 bits per heavy atom. The van der Waals surface area contributed by atoms with Crippen LogP contribution >= 0.6 is 0 Å². The van der Waals surface area contributed by atoms with Crippen LogP contribution in [0.25, 0.3) is 0 Å². The first-order chi connectivity index (χ1) is 9.93. The predicted octanol–water partition coefficient (Wildman–Crippen LogP) is 1.83. The Hall–Kier alpha value is -1.89. The van der Waals surface area contributed by atoms with Gasteiger partial charge >= 0.3 is 6.09 Å². The Morgan fingerprint density at radius 1 is 1.29 bits per heavy atom. The minimum Gasteiger partial charge on any atom is -0.465 e. The number of piperazine rings is 1. The molecule has 0 aliphatic carbocycles. The van der Waals surface area contributed by atoms with Gasteiger partial charge in [-0.25, -0.2) is 13.6 Å². The lowest BCUT2D eigenvalue weighted by atomic mass is 10.00. The third-order valence-electron chi connectivity index (χ3n) is 3.84. The fraction of sp³-hybridized carbons (Fsp3) is 0.500. The summed E-state index contributed by atoms with van der Waals surface area (Å²) in [6.45, 7) is 3.22. The number of hydrogen-bond acceptors (Lipinski definition) is 3. The van der Waals surface area contributed by atoms with Gasteiger partial charge in [-0.2, -0.15) is 0 Å². The van der Waals surface area contributed by atoms with Gasteiger partial charge in [0, 0.05) is 32.2 Å². The van der Waals surface area contributed by atoms with E-state index in [1.807, 2.05) is 0 Å². The molecule has 3 N–H and O–H groups in total. The summed E-state index contributed by atoms with van der Waals surface area (Å²) >= 11 is 0. The van der Waals surface area contributed by atoms with E-state index in [2.05, 4.69) is 0 Å². The molecule has 0 aromatic heterocycles. The Balaban J connectivity index is 2.18. The standard InChI is InChI=1S/C14H19F2N3O2/c1-9(8-17)10-6-12(16)13(7-11(10)15)18-2-4-19(5-3-18)14(20)21/h6-7,9H,2-5,8,17H2,1H3,(H,20,21). The molecule has 0 radical (unpaired) electrons. The maximum absolute atomic E-state index is 14.2. The van der Waals surface area contributed by atoms with E-state index in [-0.39, 0.29) is 36.8 Å². The van der Waals surface area contributed by atoms with Crippen molar-refractivity contribution in [1.29, 1.82) is 0 Å². The normalized spacial score (nSPS) is 17.0. The van der Waals surface area contributed by atoms with E-state index in [0.717, 1.165) is 0 Å². The molecule has 0 spiro atoms. The summed E-state index contributed by atoms with van der Waals surface area (Å²) in [5.74, 6) is -1.24. The topological polar surface area (TPSA) is 69.8 Å². The number of carboxylic acid groups (broad SMARTS) is 1. The van der Waals surface area contributed by atoms with E-state index < -0.39 is 17.7 Å². The monoisotopic (exact) mass is 299 g/mol. The number of hydrogen-bond donors (Lipinski definition) is 2. The average Bonchev–Trinajstić information content (AvgIpc) is 2.48. The molecule has 7 heteroatoms. The molecule has 2 rings (SSSR count). The highest BCUT2D eigenvalue weighted by Gasteiger charge is 2.24. The van der Waals surface area contributed by atoms with Crippen LogP contribution in [0.1, 0.15) is 18.4 Å². The van der Waals surface area contributed by atoms with Gasteiger partial charge in [0.2, 0.25) is 0 Å². The van der Waals surface area contributed by atoms with Crippen molar-refractivity contribution in [1.82, 2.24) is 4.90 Å². The van der Waals surface area contributed by atoms with Crippen LogP contribution in [0.5, 0.6) is 0 Å². The lowest BCUT2D eigenvalue weighted by molar-refractivity contribution is 0.142. The molecule has 5 nitrogen and oxygen atoms in total. The molecule has 1 atom stereocenters. The summed E-state index contributed by atoms with van der Waals surface area (Å²) in [5.41, 5.74) is 5.93. The molecular formula is C14H19F2N3O2. The van der Waals surface area contributed by atoms with Crippen LogP contribution in [0.2, 0.25) is 0 Å². The Labute approximate surface area is 121 Å². The zero-order chi connectivity index (χ0) is 15.6. The Bertz CT molecular complexity index is 531. The maximum Gasteiger partial charge on any atom is 0.407 e. The van der Waals surface area contributed by atoms with Crippen LogP contribution < -0.4 is 10.6 Å². The minimum atomic E-state index is -0.992. The number of rotatable bonds is 3. The molecule has 0 saturated carbocycles. The third kappa shape index (κ3) is 3.24. The van der Waals surface area contributed by atoms with Crippen molar-refractivity contribution in [2.24, 2.45) is 5.73 Å². The van der Waals surface area contributed by atoms with Gasteiger partial charge in [0.25, 0.3) is 0 Å². The second kappa shape index (κ2) is 6.26. The summed E-state index contributed by atoms with van der Waals surface area (Å²) in [6.07, 6.45) is -0.992. The van der Waals surface area contributed by atoms with Gasteiger partial charge < -0.3 is 20.6 Å². The molecule has 1 heterocycles. The molecule has 1 unspecified atom stereocenters. The van der Waals surface area contributed by atoms with Crippen molar-refractivity contribution < 1.29 is 18.7 Å². The minimum absolute atomic E-state index is 0.172. The summed E-state index contributed by atoms with van der Waals surface area (Å²) in [7, 11) is 0. The smallest absolute Gasteiger partial charge is 0.407 e. The van der Waals surface area contributed by atoms with Crippen molar-refractivity contribution in [3.8, 4) is 0 Å². The van der Waals surface area contributed by atoms with Crippen LogP contribution in [0.3, 0.4) is 0 Å². The molecule has 1 aliphatic rings. The molecule has 1 fully saturated rings. The number of nitrogens with zero attached hydrogens (tertiary/aromatic N) is 2. The van der Waals surface area contributed by atoms with Crippen LogP contribution in [0, 0.1) is 11.6 Å². The Kier molecular flexibility index (Phi) is 4.62. The van der Waals surface area contributed by atoms with Gasteiger partial charge in [0.15, 0.2) is 0 Å². The SMILES string of the molecule is CC(CN)c1cc(F)c(N2CCN(C(=O)O)CC2)cc1F. The zero-order valence-corrected chi connectivity index (χ0v) is 11.9. The number of halogens is 2. The van der Waals surface area contributed by atoms with Crippen LogP contribution in [0.4, 0.5) is 19.3 Å². The van der Waals surface area contributed by atoms with E-state index in [1.54, 1.807) is 11.8 Å². The molecule has 1 aromatic rings. The van der Waals surface area contributed by atoms with Crippen molar-refractivity contribution in [2.75, 3.05) is 37.6 Å².